The fraction of sp³-hybridized carbons (Fsp3) is 0.333. The molecule has 0 aliphatic carbocycles. The van der Waals surface area contributed by atoms with Crippen LogP contribution in [-0.4, -0.2) is 23.8 Å². The number of aromatic nitrogens is 1. The molecule has 0 radical (unpaired) electrons. The third kappa shape index (κ3) is 3.12. The zero-order valence-corrected chi connectivity index (χ0v) is 14.0. The molecule has 2 aliphatic rings. The molecule has 1 saturated heterocycles. The number of halogens is 1. The van der Waals surface area contributed by atoms with Gasteiger partial charge in [0.1, 0.15) is 16.6 Å². The highest BCUT2D eigenvalue weighted by Gasteiger charge is 2.29. The van der Waals surface area contributed by atoms with Crippen LogP contribution in [0, 0.1) is 11.7 Å². The molecule has 1 fully saturated rings. The molecule has 0 spiro atoms. The molecule has 124 valence electrons. The maximum atomic E-state index is 13.2. The Morgan fingerprint density at radius 1 is 1.17 bits per heavy atom. The van der Waals surface area contributed by atoms with E-state index in [-0.39, 0.29) is 5.82 Å². The average molecular weight is 343 g/mol. The Morgan fingerprint density at radius 2 is 1.96 bits per heavy atom. The molecule has 24 heavy (non-hydrogen) atoms. The van der Waals surface area contributed by atoms with E-state index in [9.17, 15) is 4.39 Å². The summed E-state index contributed by atoms with van der Waals surface area (Å²) in [5.41, 5.74) is 2.82. The minimum atomic E-state index is -0.248. The van der Waals surface area contributed by atoms with E-state index in [0.29, 0.717) is 12.3 Å². The van der Waals surface area contributed by atoms with Crippen molar-refractivity contribution in [3.63, 3.8) is 0 Å². The third-order valence-electron chi connectivity index (χ3n) is 4.47. The second-order valence-corrected chi connectivity index (χ2v) is 6.91. The lowest BCUT2D eigenvalue weighted by Crippen LogP contribution is -2.30. The Hall–Kier alpha value is -2.05. The minimum absolute atomic E-state index is 0.248. The molecule has 3 heterocycles. The molecule has 2 aromatic rings. The van der Waals surface area contributed by atoms with Crippen molar-refractivity contribution in [3.05, 3.63) is 58.0 Å². The molecule has 0 amide bonds. The van der Waals surface area contributed by atoms with Gasteiger partial charge in [-0.1, -0.05) is 17.3 Å². The molecule has 1 N–H and O–H groups in total. The molecule has 4 nitrogen and oxygen atoms in total. The summed E-state index contributed by atoms with van der Waals surface area (Å²) in [4.78, 5) is 10.3. The van der Waals surface area contributed by atoms with Gasteiger partial charge in [-0.15, -0.1) is 11.3 Å². The summed E-state index contributed by atoms with van der Waals surface area (Å²) in [6, 6.07) is 6.39. The average Bonchev–Trinajstić information content (AvgIpc) is 3.17. The topological polar surface area (TPSA) is 46.5 Å². The van der Waals surface area contributed by atoms with E-state index in [1.54, 1.807) is 23.5 Å². The SMILES string of the molecule is Fc1ccc(C2=NOC(C3CCNCC3)=C(c3nccs3)C2)cc1. The smallest absolute Gasteiger partial charge is 0.144 e. The van der Waals surface area contributed by atoms with Gasteiger partial charge in [0.15, 0.2) is 0 Å². The van der Waals surface area contributed by atoms with Crippen molar-refractivity contribution >= 4 is 22.6 Å². The van der Waals surface area contributed by atoms with Crippen LogP contribution in [0.5, 0.6) is 0 Å². The molecule has 0 bridgehead atoms. The molecular formula is C18H18FN3OS. The summed E-state index contributed by atoms with van der Waals surface area (Å²) < 4.78 is 13.2. The number of allylic oxidation sites excluding steroid dienone is 2. The molecule has 0 unspecified atom stereocenters. The predicted octanol–water partition coefficient (Wildman–Crippen LogP) is 3.82. The van der Waals surface area contributed by atoms with E-state index < -0.39 is 0 Å². The number of oxime groups is 1. The molecule has 2 aliphatic heterocycles. The second-order valence-electron chi connectivity index (χ2n) is 6.02. The zero-order valence-electron chi connectivity index (χ0n) is 13.2. The van der Waals surface area contributed by atoms with Crippen molar-refractivity contribution in [2.45, 2.75) is 19.3 Å². The number of nitrogens with zero attached hydrogens (tertiary/aromatic N) is 2. The fourth-order valence-electron chi connectivity index (χ4n) is 3.20. The van der Waals surface area contributed by atoms with Crippen LogP contribution < -0.4 is 5.32 Å². The monoisotopic (exact) mass is 343 g/mol. The van der Waals surface area contributed by atoms with E-state index in [1.165, 1.54) is 12.1 Å². The van der Waals surface area contributed by atoms with Gasteiger partial charge in [0.2, 0.25) is 0 Å². The summed E-state index contributed by atoms with van der Waals surface area (Å²) >= 11 is 1.62. The van der Waals surface area contributed by atoms with Gasteiger partial charge in [-0.2, -0.15) is 0 Å². The highest BCUT2D eigenvalue weighted by atomic mass is 32.1. The lowest BCUT2D eigenvalue weighted by atomic mass is 9.90. The van der Waals surface area contributed by atoms with Gasteiger partial charge >= 0.3 is 0 Å². The Bertz CT molecular complexity index is 762. The van der Waals surface area contributed by atoms with Crippen LogP contribution in [0.1, 0.15) is 29.8 Å². The van der Waals surface area contributed by atoms with Crippen LogP contribution in [0.25, 0.3) is 5.57 Å². The van der Waals surface area contributed by atoms with E-state index in [0.717, 1.165) is 53.5 Å². The van der Waals surface area contributed by atoms with Gasteiger partial charge in [-0.05, 0) is 43.6 Å². The molecule has 1 aromatic carbocycles. The largest absolute Gasteiger partial charge is 0.360 e. The number of thiazole rings is 1. The van der Waals surface area contributed by atoms with E-state index in [2.05, 4.69) is 15.5 Å². The Kier molecular flexibility index (Phi) is 4.40. The van der Waals surface area contributed by atoms with Crippen molar-refractivity contribution in [1.29, 1.82) is 0 Å². The lowest BCUT2D eigenvalue weighted by molar-refractivity contribution is 0.171. The van der Waals surface area contributed by atoms with Gasteiger partial charge in [0, 0.05) is 29.5 Å². The van der Waals surface area contributed by atoms with Gasteiger partial charge in [-0.3, -0.25) is 0 Å². The number of hydrogen-bond donors (Lipinski definition) is 1. The first-order valence-electron chi connectivity index (χ1n) is 8.15. The molecule has 6 heteroatoms. The first-order valence-corrected chi connectivity index (χ1v) is 9.02. The second kappa shape index (κ2) is 6.83. The zero-order chi connectivity index (χ0) is 16.4. The van der Waals surface area contributed by atoms with Crippen LogP contribution in [-0.2, 0) is 4.84 Å². The highest BCUT2D eigenvalue weighted by molar-refractivity contribution is 7.10. The maximum absolute atomic E-state index is 13.2. The van der Waals surface area contributed by atoms with Gasteiger partial charge in [-0.25, -0.2) is 9.37 Å². The molecule has 0 atom stereocenters. The summed E-state index contributed by atoms with van der Waals surface area (Å²) in [5, 5.41) is 10.7. The van der Waals surface area contributed by atoms with Crippen molar-refractivity contribution in [3.8, 4) is 0 Å². The Labute approximate surface area is 144 Å². The summed E-state index contributed by atoms with van der Waals surface area (Å²) in [6.45, 7) is 1.99. The first kappa shape index (κ1) is 15.5. The molecular weight excluding hydrogens is 325 g/mol. The summed E-state index contributed by atoms with van der Waals surface area (Å²) in [6.07, 6.45) is 4.58. The van der Waals surface area contributed by atoms with Crippen LogP contribution in [0.2, 0.25) is 0 Å². The van der Waals surface area contributed by atoms with E-state index >= 15 is 0 Å². The quantitative estimate of drug-likeness (QED) is 0.922. The van der Waals surface area contributed by atoms with Crippen LogP contribution in [0.4, 0.5) is 4.39 Å². The van der Waals surface area contributed by atoms with E-state index in [4.69, 9.17) is 4.84 Å². The maximum Gasteiger partial charge on any atom is 0.144 e. The number of hydrogen-bond acceptors (Lipinski definition) is 5. The third-order valence-corrected chi connectivity index (χ3v) is 5.31. The normalized spacial score (nSPS) is 19.1. The van der Waals surface area contributed by atoms with Gasteiger partial charge < -0.3 is 10.2 Å². The highest BCUT2D eigenvalue weighted by Crippen LogP contribution is 2.36. The standard InChI is InChI=1S/C18H18FN3OS/c19-14-3-1-12(2-4-14)16-11-15(18-21-9-10-24-18)17(23-22-16)13-5-7-20-8-6-13/h1-4,9-10,13,20H,5-8,11H2. The lowest BCUT2D eigenvalue weighted by Gasteiger charge is -2.27. The predicted molar refractivity (Wildman–Crippen MR) is 93.3 cm³/mol. The first-order chi connectivity index (χ1) is 11.8. The molecule has 0 saturated carbocycles. The summed E-state index contributed by atoms with van der Waals surface area (Å²) in [7, 11) is 0. The van der Waals surface area contributed by atoms with Crippen molar-refractivity contribution in [2.24, 2.45) is 11.1 Å². The van der Waals surface area contributed by atoms with Crippen LogP contribution >= 0.6 is 11.3 Å². The van der Waals surface area contributed by atoms with Crippen molar-refractivity contribution in [1.82, 2.24) is 10.3 Å². The molecule has 4 rings (SSSR count). The van der Waals surface area contributed by atoms with Crippen LogP contribution in [0.15, 0.2) is 46.8 Å². The fourth-order valence-corrected chi connectivity index (χ4v) is 3.89. The van der Waals surface area contributed by atoms with E-state index in [1.807, 2.05) is 11.6 Å². The number of benzene rings is 1. The Morgan fingerprint density at radius 3 is 2.67 bits per heavy atom. The van der Waals surface area contributed by atoms with Crippen molar-refractivity contribution < 1.29 is 9.23 Å². The van der Waals surface area contributed by atoms with Gasteiger partial charge in [0.25, 0.3) is 0 Å². The number of rotatable bonds is 3. The number of piperidine rings is 1. The summed E-state index contributed by atoms with van der Waals surface area (Å²) in [5.74, 6) is 1.09. The minimum Gasteiger partial charge on any atom is -0.360 e. The number of nitrogens with one attached hydrogen (secondary N) is 1. The van der Waals surface area contributed by atoms with Crippen molar-refractivity contribution in [2.75, 3.05) is 13.1 Å². The van der Waals surface area contributed by atoms with Crippen LogP contribution in [0.3, 0.4) is 0 Å². The molecule has 1 aromatic heterocycles. The van der Waals surface area contributed by atoms with Gasteiger partial charge in [0.05, 0.1) is 5.71 Å². The Balaban J connectivity index is 1.66.